The summed E-state index contributed by atoms with van der Waals surface area (Å²) in [5, 5.41) is 17.7. The molecule has 8 heteroatoms. The van der Waals surface area contributed by atoms with E-state index in [1.165, 1.54) is 16.4 Å². The summed E-state index contributed by atoms with van der Waals surface area (Å²) < 4.78 is 26.5. The lowest BCUT2D eigenvalue weighted by Crippen LogP contribution is -2.44. The number of carboxylic acid groups (broad SMARTS) is 1. The van der Waals surface area contributed by atoms with E-state index in [-0.39, 0.29) is 10.6 Å². The predicted molar refractivity (Wildman–Crippen MR) is 72.8 cm³/mol. The molecule has 0 spiro atoms. The molecule has 1 atom stereocenters. The van der Waals surface area contributed by atoms with Crippen molar-refractivity contribution in [3.8, 4) is 6.07 Å². The van der Waals surface area contributed by atoms with Crippen molar-refractivity contribution in [2.45, 2.75) is 35.9 Å². The average Bonchev–Trinajstić information content (AvgIpc) is 2.88. The van der Waals surface area contributed by atoms with Crippen LogP contribution in [-0.2, 0) is 14.8 Å². The Hall–Kier alpha value is -1.43. The Morgan fingerprint density at radius 3 is 2.85 bits per heavy atom. The van der Waals surface area contributed by atoms with Gasteiger partial charge in [-0.25, -0.2) is 8.42 Å². The van der Waals surface area contributed by atoms with Crippen LogP contribution in [0.3, 0.4) is 0 Å². The Balaban J connectivity index is 2.30. The van der Waals surface area contributed by atoms with E-state index in [1.807, 2.05) is 6.07 Å². The fourth-order valence-electron chi connectivity index (χ4n) is 2.33. The number of hydrogen-bond acceptors (Lipinski definition) is 5. The van der Waals surface area contributed by atoms with Gasteiger partial charge < -0.3 is 5.11 Å². The molecule has 0 aromatic carbocycles. The summed E-state index contributed by atoms with van der Waals surface area (Å²) in [5.41, 5.74) is 0. The SMILES string of the molecule is N#Cc1ccc(S(=O)(=O)N2CCCCC2CC(=O)O)s1. The largest absolute Gasteiger partial charge is 0.481 e. The summed E-state index contributed by atoms with van der Waals surface area (Å²) in [6.45, 7) is 0.333. The molecule has 1 aromatic rings. The van der Waals surface area contributed by atoms with Crippen molar-refractivity contribution in [1.82, 2.24) is 4.31 Å². The highest BCUT2D eigenvalue weighted by molar-refractivity contribution is 7.91. The van der Waals surface area contributed by atoms with Crippen LogP contribution in [0.2, 0.25) is 0 Å². The van der Waals surface area contributed by atoms with Gasteiger partial charge in [0.05, 0.1) is 6.42 Å². The molecule has 0 saturated carbocycles. The summed E-state index contributed by atoms with van der Waals surface area (Å²) in [7, 11) is -3.71. The van der Waals surface area contributed by atoms with Crippen LogP contribution in [0.1, 0.15) is 30.6 Å². The van der Waals surface area contributed by atoms with Gasteiger partial charge in [-0.3, -0.25) is 4.79 Å². The maximum Gasteiger partial charge on any atom is 0.304 e. The zero-order valence-corrected chi connectivity index (χ0v) is 12.3. The highest BCUT2D eigenvalue weighted by Gasteiger charge is 2.35. The van der Waals surface area contributed by atoms with E-state index in [2.05, 4.69) is 0 Å². The van der Waals surface area contributed by atoms with E-state index < -0.39 is 22.0 Å². The van der Waals surface area contributed by atoms with Crippen LogP contribution >= 0.6 is 11.3 Å². The second-order valence-electron chi connectivity index (χ2n) is 4.59. The smallest absolute Gasteiger partial charge is 0.304 e. The molecule has 1 unspecified atom stereocenters. The zero-order chi connectivity index (χ0) is 14.8. The molecular formula is C12H14N2O4S2. The van der Waals surface area contributed by atoms with Crippen molar-refractivity contribution >= 4 is 27.3 Å². The molecule has 0 aliphatic carbocycles. The highest BCUT2D eigenvalue weighted by Crippen LogP contribution is 2.30. The normalized spacial score (nSPS) is 20.4. The quantitative estimate of drug-likeness (QED) is 0.911. The summed E-state index contributed by atoms with van der Waals surface area (Å²) >= 11 is 0.916. The van der Waals surface area contributed by atoms with Crippen molar-refractivity contribution in [3.05, 3.63) is 17.0 Å². The summed E-state index contributed by atoms with van der Waals surface area (Å²) in [6, 6.07) is 4.28. The Kier molecular flexibility index (Phi) is 4.42. The minimum absolute atomic E-state index is 0.103. The van der Waals surface area contributed by atoms with Crippen molar-refractivity contribution in [2.24, 2.45) is 0 Å². The van der Waals surface area contributed by atoms with Crippen LogP contribution in [-0.4, -0.2) is 36.4 Å². The van der Waals surface area contributed by atoms with Crippen molar-refractivity contribution < 1.29 is 18.3 Å². The molecule has 6 nitrogen and oxygen atoms in total. The van der Waals surface area contributed by atoms with Crippen LogP contribution in [0, 0.1) is 11.3 Å². The van der Waals surface area contributed by atoms with Gasteiger partial charge in [0.15, 0.2) is 0 Å². The lowest BCUT2D eigenvalue weighted by Gasteiger charge is -2.33. The van der Waals surface area contributed by atoms with E-state index in [4.69, 9.17) is 10.4 Å². The number of thiophene rings is 1. The second kappa shape index (κ2) is 5.91. The zero-order valence-electron chi connectivity index (χ0n) is 10.7. The van der Waals surface area contributed by atoms with Gasteiger partial charge in [-0.05, 0) is 25.0 Å². The molecule has 0 amide bonds. The molecule has 0 radical (unpaired) electrons. The van der Waals surface area contributed by atoms with Gasteiger partial charge in [0.25, 0.3) is 10.0 Å². The maximum absolute atomic E-state index is 12.5. The van der Waals surface area contributed by atoms with E-state index in [1.54, 1.807) is 0 Å². The van der Waals surface area contributed by atoms with Gasteiger partial charge >= 0.3 is 5.97 Å². The molecule has 1 aromatic heterocycles. The number of sulfonamides is 1. The Morgan fingerprint density at radius 2 is 2.25 bits per heavy atom. The molecule has 1 aliphatic heterocycles. The minimum Gasteiger partial charge on any atom is -0.481 e. The van der Waals surface area contributed by atoms with Crippen LogP contribution in [0.5, 0.6) is 0 Å². The number of nitriles is 1. The third kappa shape index (κ3) is 3.00. The van der Waals surface area contributed by atoms with Gasteiger partial charge in [0.2, 0.25) is 0 Å². The molecule has 1 N–H and O–H groups in total. The lowest BCUT2D eigenvalue weighted by molar-refractivity contribution is -0.138. The number of aliphatic carboxylic acids is 1. The third-order valence-corrected chi connectivity index (χ3v) is 6.65. The van der Waals surface area contributed by atoms with E-state index in [9.17, 15) is 13.2 Å². The first-order valence-electron chi connectivity index (χ1n) is 6.18. The molecule has 0 bridgehead atoms. The van der Waals surface area contributed by atoms with Crippen LogP contribution < -0.4 is 0 Å². The number of carboxylic acids is 1. The molecular weight excluding hydrogens is 300 g/mol. The number of rotatable bonds is 4. The summed E-state index contributed by atoms with van der Waals surface area (Å²) in [6.07, 6.45) is 1.93. The maximum atomic E-state index is 12.5. The van der Waals surface area contributed by atoms with E-state index in [0.29, 0.717) is 17.8 Å². The average molecular weight is 314 g/mol. The molecule has 2 rings (SSSR count). The summed E-state index contributed by atoms with van der Waals surface area (Å²) in [5.74, 6) is -0.999. The number of nitrogens with zero attached hydrogens (tertiary/aromatic N) is 2. The first-order chi connectivity index (χ1) is 9.45. The van der Waals surface area contributed by atoms with Gasteiger partial charge in [-0.15, -0.1) is 11.3 Å². The van der Waals surface area contributed by atoms with Crippen molar-refractivity contribution in [2.75, 3.05) is 6.54 Å². The Bertz CT molecular complexity index is 645. The molecule has 2 heterocycles. The summed E-state index contributed by atoms with van der Waals surface area (Å²) in [4.78, 5) is 11.2. The standard InChI is InChI=1S/C12H14N2O4S2/c13-8-10-4-5-12(19-10)20(17,18)14-6-2-1-3-9(14)7-11(15)16/h4-5,9H,1-3,6-7H2,(H,15,16). The van der Waals surface area contributed by atoms with Gasteiger partial charge in [-0.2, -0.15) is 9.57 Å². The van der Waals surface area contributed by atoms with Crippen LogP contribution in [0.4, 0.5) is 0 Å². The second-order valence-corrected chi connectivity index (χ2v) is 7.79. The van der Waals surface area contributed by atoms with Gasteiger partial charge in [-0.1, -0.05) is 6.42 Å². The molecule has 108 valence electrons. The number of piperidine rings is 1. The highest BCUT2D eigenvalue weighted by atomic mass is 32.2. The van der Waals surface area contributed by atoms with Crippen molar-refractivity contribution in [1.29, 1.82) is 5.26 Å². The first-order valence-corrected chi connectivity index (χ1v) is 8.44. The topological polar surface area (TPSA) is 98.5 Å². The Morgan fingerprint density at radius 1 is 1.50 bits per heavy atom. The molecule has 20 heavy (non-hydrogen) atoms. The first kappa shape index (κ1) is 15.0. The number of hydrogen-bond donors (Lipinski definition) is 1. The molecule has 1 saturated heterocycles. The Labute approximate surface area is 121 Å². The van der Waals surface area contributed by atoms with E-state index >= 15 is 0 Å². The minimum atomic E-state index is -3.71. The predicted octanol–water partition coefficient (Wildman–Crippen LogP) is 1.64. The number of carbonyl (C=O) groups is 1. The third-order valence-electron chi connectivity index (χ3n) is 3.24. The van der Waals surface area contributed by atoms with Crippen LogP contribution in [0.15, 0.2) is 16.3 Å². The van der Waals surface area contributed by atoms with Crippen molar-refractivity contribution in [3.63, 3.8) is 0 Å². The van der Waals surface area contributed by atoms with E-state index in [0.717, 1.165) is 24.2 Å². The lowest BCUT2D eigenvalue weighted by atomic mass is 10.0. The van der Waals surface area contributed by atoms with Gasteiger partial charge in [0, 0.05) is 12.6 Å². The fourth-order valence-corrected chi connectivity index (χ4v) is 5.26. The molecule has 1 aliphatic rings. The van der Waals surface area contributed by atoms with Gasteiger partial charge in [0.1, 0.15) is 15.2 Å². The fraction of sp³-hybridized carbons (Fsp3) is 0.500. The monoisotopic (exact) mass is 314 g/mol. The van der Waals surface area contributed by atoms with Crippen LogP contribution in [0.25, 0.3) is 0 Å². The molecule has 1 fully saturated rings.